The van der Waals surface area contributed by atoms with Crippen LogP contribution in [0, 0.1) is 0 Å². The van der Waals surface area contributed by atoms with E-state index in [1.54, 1.807) is 0 Å². The number of rotatable bonds is 5. The van der Waals surface area contributed by atoms with Crippen molar-refractivity contribution in [1.29, 1.82) is 0 Å². The molecule has 0 atom stereocenters. The second-order valence-corrected chi connectivity index (χ2v) is 4.01. The number of hydrogen-bond acceptors (Lipinski definition) is 5. The predicted octanol–water partition coefficient (Wildman–Crippen LogP) is 2.22. The van der Waals surface area contributed by atoms with Crippen LogP contribution in [-0.2, 0) is 0 Å². The first-order chi connectivity index (χ1) is 7.84. The molecule has 0 aliphatic rings. The second kappa shape index (κ2) is 5.37. The molecule has 1 aromatic heterocycles. The van der Waals surface area contributed by atoms with Gasteiger partial charge in [-0.25, -0.2) is 0 Å². The summed E-state index contributed by atoms with van der Waals surface area (Å²) in [6, 6.07) is 11.5. The fourth-order valence-corrected chi connectivity index (χ4v) is 1.83. The van der Waals surface area contributed by atoms with Crippen LogP contribution in [0.5, 0.6) is 5.75 Å². The minimum Gasteiger partial charge on any atom is -0.492 e. The van der Waals surface area contributed by atoms with E-state index in [1.165, 1.54) is 11.5 Å². The van der Waals surface area contributed by atoms with Crippen molar-refractivity contribution in [2.24, 2.45) is 0 Å². The minimum absolute atomic E-state index is 0.552. The van der Waals surface area contributed by atoms with Crippen LogP contribution in [0.3, 0.4) is 0 Å². The van der Waals surface area contributed by atoms with Gasteiger partial charge in [0.25, 0.3) is 0 Å². The zero-order valence-electron chi connectivity index (χ0n) is 8.72. The molecule has 0 spiro atoms. The summed E-state index contributed by atoms with van der Waals surface area (Å²) in [7, 11) is 0. The van der Waals surface area contributed by atoms with Crippen LogP contribution in [0.25, 0.3) is 0 Å². The molecular weight excluding hydrogens is 222 g/mol. The van der Waals surface area contributed by atoms with Crippen LogP contribution in [0.2, 0.25) is 0 Å². The summed E-state index contributed by atoms with van der Waals surface area (Å²) in [4.78, 5) is 0. The number of nitrogen functional groups attached to an aromatic ring is 1. The van der Waals surface area contributed by atoms with E-state index in [0.29, 0.717) is 12.4 Å². The molecule has 1 aromatic carbocycles. The Labute approximate surface area is 98.2 Å². The molecular formula is C11H13N3OS. The topological polar surface area (TPSA) is 60.2 Å². The van der Waals surface area contributed by atoms with Crippen LogP contribution < -0.4 is 15.8 Å². The summed E-state index contributed by atoms with van der Waals surface area (Å²) in [5.74, 6) is 1.43. The third-order valence-corrected chi connectivity index (χ3v) is 2.70. The number of anilines is 2. The molecule has 2 aromatic rings. The van der Waals surface area contributed by atoms with Gasteiger partial charge in [-0.2, -0.15) is 4.37 Å². The lowest BCUT2D eigenvalue weighted by Gasteiger charge is -2.06. The highest BCUT2D eigenvalue weighted by Crippen LogP contribution is 2.16. The molecule has 16 heavy (non-hydrogen) atoms. The molecule has 84 valence electrons. The first-order valence-corrected chi connectivity index (χ1v) is 5.76. The van der Waals surface area contributed by atoms with Crippen molar-refractivity contribution >= 4 is 22.4 Å². The van der Waals surface area contributed by atoms with E-state index < -0.39 is 0 Å². The van der Waals surface area contributed by atoms with Crippen LogP contribution in [-0.4, -0.2) is 17.5 Å². The fraction of sp³-hybridized carbons (Fsp3) is 0.182. The standard InChI is InChI=1S/C11H13N3OS/c12-10-8-11(16-14-10)13-6-7-15-9-4-2-1-3-5-9/h1-5,8,13H,6-7H2,(H2,12,14). The van der Waals surface area contributed by atoms with Gasteiger partial charge in [-0.3, -0.25) is 0 Å². The van der Waals surface area contributed by atoms with Crippen molar-refractivity contribution in [1.82, 2.24) is 4.37 Å². The van der Waals surface area contributed by atoms with Gasteiger partial charge < -0.3 is 15.8 Å². The fourth-order valence-electron chi connectivity index (χ4n) is 1.23. The van der Waals surface area contributed by atoms with Crippen molar-refractivity contribution in [3.8, 4) is 5.75 Å². The first kappa shape index (κ1) is 10.8. The molecule has 5 heteroatoms. The Balaban J connectivity index is 1.69. The molecule has 3 N–H and O–H groups in total. The van der Waals surface area contributed by atoms with E-state index in [0.717, 1.165) is 17.3 Å². The van der Waals surface area contributed by atoms with E-state index in [-0.39, 0.29) is 0 Å². The predicted molar refractivity (Wildman–Crippen MR) is 67.0 cm³/mol. The summed E-state index contributed by atoms with van der Waals surface area (Å²) in [6.07, 6.45) is 0. The molecule has 4 nitrogen and oxygen atoms in total. The quantitative estimate of drug-likeness (QED) is 0.780. The van der Waals surface area contributed by atoms with Crippen LogP contribution in [0.4, 0.5) is 10.8 Å². The van der Waals surface area contributed by atoms with Crippen molar-refractivity contribution in [2.45, 2.75) is 0 Å². The molecule has 0 aliphatic carbocycles. The van der Waals surface area contributed by atoms with Gasteiger partial charge in [-0.05, 0) is 23.7 Å². The normalized spacial score (nSPS) is 10.0. The highest BCUT2D eigenvalue weighted by atomic mass is 32.1. The molecule has 0 unspecified atom stereocenters. The number of nitrogens with zero attached hydrogens (tertiary/aromatic N) is 1. The maximum absolute atomic E-state index is 5.52. The van der Waals surface area contributed by atoms with E-state index in [1.807, 2.05) is 36.4 Å². The van der Waals surface area contributed by atoms with E-state index in [2.05, 4.69) is 9.69 Å². The number of hydrogen-bond donors (Lipinski definition) is 2. The molecule has 1 heterocycles. The number of aromatic nitrogens is 1. The molecule has 2 rings (SSSR count). The Morgan fingerprint density at radius 1 is 1.31 bits per heavy atom. The van der Waals surface area contributed by atoms with Gasteiger partial charge in [0.05, 0.1) is 0 Å². The Morgan fingerprint density at radius 3 is 2.81 bits per heavy atom. The largest absolute Gasteiger partial charge is 0.492 e. The summed E-state index contributed by atoms with van der Waals surface area (Å²) in [6.45, 7) is 1.35. The summed E-state index contributed by atoms with van der Waals surface area (Å²) >= 11 is 1.35. The summed E-state index contributed by atoms with van der Waals surface area (Å²) in [5, 5.41) is 4.15. The average Bonchev–Trinajstić information content (AvgIpc) is 2.72. The number of benzene rings is 1. The second-order valence-electron chi connectivity index (χ2n) is 3.20. The average molecular weight is 235 g/mol. The van der Waals surface area contributed by atoms with Gasteiger partial charge in [-0.1, -0.05) is 18.2 Å². The Bertz CT molecular complexity index is 430. The lowest BCUT2D eigenvalue weighted by Crippen LogP contribution is -2.10. The summed E-state index contributed by atoms with van der Waals surface area (Å²) in [5.41, 5.74) is 5.50. The molecule has 0 saturated heterocycles. The zero-order valence-corrected chi connectivity index (χ0v) is 9.54. The van der Waals surface area contributed by atoms with E-state index >= 15 is 0 Å². The number of para-hydroxylation sites is 1. The Hall–Kier alpha value is -1.75. The van der Waals surface area contributed by atoms with Gasteiger partial charge >= 0.3 is 0 Å². The number of nitrogens with one attached hydrogen (secondary N) is 1. The van der Waals surface area contributed by atoms with E-state index in [4.69, 9.17) is 10.5 Å². The first-order valence-electron chi connectivity index (χ1n) is 4.98. The van der Waals surface area contributed by atoms with Crippen molar-refractivity contribution < 1.29 is 4.74 Å². The highest BCUT2D eigenvalue weighted by Gasteiger charge is 1.97. The molecule has 0 saturated carbocycles. The molecule has 0 amide bonds. The number of nitrogens with two attached hydrogens (primary N) is 1. The van der Waals surface area contributed by atoms with Crippen LogP contribution in [0.1, 0.15) is 0 Å². The van der Waals surface area contributed by atoms with Crippen molar-refractivity contribution in [3.05, 3.63) is 36.4 Å². The summed E-state index contributed by atoms with van der Waals surface area (Å²) < 4.78 is 9.49. The number of ether oxygens (including phenoxy) is 1. The minimum atomic E-state index is 0.552. The van der Waals surface area contributed by atoms with Gasteiger partial charge in [0.2, 0.25) is 0 Å². The third kappa shape index (κ3) is 3.13. The maximum atomic E-state index is 5.52. The SMILES string of the molecule is Nc1cc(NCCOc2ccccc2)sn1. The van der Waals surface area contributed by atoms with Gasteiger partial charge in [-0.15, -0.1) is 0 Å². The lowest BCUT2D eigenvalue weighted by atomic mass is 10.3. The van der Waals surface area contributed by atoms with Crippen LogP contribution >= 0.6 is 11.5 Å². The smallest absolute Gasteiger partial charge is 0.139 e. The molecule has 0 aliphatic heterocycles. The molecule has 0 radical (unpaired) electrons. The van der Waals surface area contributed by atoms with Gasteiger partial charge in [0, 0.05) is 12.6 Å². The van der Waals surface area contributed by atoms with Crippen molar-refractivity contribution in [2.75, 3.05) is 24.2 Å². The molecule has 0 fully saturated rings. The third-order valence-electron chi connectivity index (χ3n) is 1.94. The van der Waals surface area contributed by atoms with Gasteiger partial charge in [0.1, 0.15) is 23.2 Å². The lowest BCUT2D eigenvalue weighted by molar-refractivity contribution is 0.333. The monoisotopic (exact) mass is 235 g/mol. The Morgan fingerprint density at radius 2 is 2.12 bits per heavy atom. The van der Waals surface area contributed by atoms with E-state index in [9.17, 15) is 0 Å². The zero-order chi connectivity index (χ0) is 11.2. The van der Waals surface area contributed by atoms with Gasteiger partial charge in [0.15, 0.2) is 0 Å². The Kier molecular flexibility index (Phi) is 3.61. The van der Waals surface area contributed by atoms with Crippen LogP contribution in [0.15, 0.2) is 36.4 Å². The molecule has 0 bridgehead atoms. The van der Waals surface area contributed by atoms with Crippen molar-refractivity contribution in [3.63, 3.8) is 0 Å². The highest BCUT2D eigenvalue weighted by molar-refractivity contribution is 7.10. The maximum Gasteiger partial charge on any atom is 0.139 e.